The highest BCUT2D eigenvalue weighted by Gasteiger charge is 2.28. The zero-order valence-electron chi connectivity index (χ0n) is 16.7. The molecule has 2 aromatic carbocycles. The van der Waals surface area contributed by atoms with Crippen molar-refractivity contribution in [2.24, 2.45) is 0 Å². The summed E-state index contributed by atoms with van der Waals surface area (Å²) in [7, 11) is 0. The molecule has 2 aliphatic rings. The van der Waals surface area contributed by atoms with Crippen molar-refractivity contribution in [1.82, 2.24) is 4.90 Å². The molecule has 4 rings (SSSR count). The number of rotatable bonds is 6. The molecule has 0 radical (unpaired) electrons. The summed E-state index contributed by atoms with van der Waals surface area (Å²) in [6.07, 6.45) is 1.68. The van der Waals surface area contributed by atoms with E-state index in [1.165, 1.54) is 0 Å². The molecule has 2 aliphatic heterocycles. The van der Waals surface area contributed by atoms with Crippen molar-refractivity contribution in [3.63, 3.8) is 0 Å². The van der Waals surface area contributed by atoms with Crippen LogP contribution in [0.25, 0.3) is 6.08 Å². The Morgan fingerprint density at radius 3 is 2.72 bits per heavy atom. The van der Waals surface area contributed by atoms with Crippen molar-refractivity contribution >= 4 is 12.0 Å². The standard InChI is InChI=1S/C23H25NO5/c1-3-24(13-18-15-27-19-9-5-6-10-20(19)29-18)23(25)17-12-16-8-7-11-21(26-4-2)22(16)28-14-17/h5-12,18H,3-4,13-15H2,1-2H3. The van der Waals surface area contributed by atoms with Crippen molar-refractivity contribution in [3.05, 3.63) is 53.6 Å². The van der Waals surface area contributed by atoms with Gasteiger partial charge in [-0.3, -0.25) is 4.79 Å². The van der Waals surface area contributed by atoms with Gasteiger partial charge < -0.3 is 23.8 Å². The second-order valence-corrected chi connectivity index (χ2v) is 6.91. The first kappa shape index (κ1) is 19.2. The number of benzene rings is 2. The van der Waals surface area contributed by atoms with Crippen molar-refractivity contribution < 1.29 is 23.7 Å². The SMILES string of the molecule is CCOc1cccc2c1OCC(C(=O)N(CC)CC1COc3ccccc3O1)=C2. The molecule has 29 heavy (non-hydrogen) atoms. The molecule has 0 aromatic heterocycles. The van der Waals surface area contributed by atoms with Crippen LogP contribution in [0.5, 0.6) is 23.0 Å². The Hall–Kier alpha value is -3.15. The van der Waals surface area contributed by atoms with E-state index in [-0.39, 0.29) is 18.6 Å². The van der Waals surface area contributed by atoms with Crippen LogP contribution < -0.4 is 18.9 Å². The average molecular weight is 395 g/mol. The number of nitrogens with zero attached hydrogens (tertiary/aromatic N) is 1. The molecule has 1 unspecified atom stereocenters. The lowest BCUT2D eigenvalue weighted by atomic mass is 10.1. The second kappa shape index (κ2) is 8.47. The lowest BCUT2D eigenvalue weighted by molar-refractivity contribution is -0.128. The molecule has 2 aromatic rings. The maximum atomic E-state index is 13.1. The molecular weight excluding hydrogens is 370 g/mol. The van der Waals surface area contributed by atoms with Crippen molar-refractivity contribution in [3.8, 4) is 23.0 Å². The number of ether oxygens (including phenoxy) is 4. The van der Waals surface area contributed by atoms with Crippen LogP contribution in [0, 0.1) is 0 Å². The van der Waals surface area contributed by atoms with E-state index in [1.54, 1.807) is 4.90 Å². The van der Waals surface area contributed by atoms with Crippen LogP contribution in [-0.2, 0) is 4.79 Å². The normalized spacial score (nSPS) is 16.9. The Labute approximate surface area is 170 Å². The van der Waals surface area contributed by atoms with E-state index in [2.05, 4.69) is 0 Å². The van der Waals surface area contributed by atoms with Gasteiger partial charge in [0.2, 0.25) is 0 Å². The Kier molecular flexibility index (Phi) is 5.60. The van der Waals surface area contributed by atoms with Crippen molar-refractivity contribution in [2.75, 3.05) is 32.9 Å². The van der Waals surface area contributed by atoms with Gasteiger partial charge in [0, 0.05) is 12.1 Å². The molecule has 0 saturated heterocycles. The predicted molar refractivity (Wildman–Crippen MR) is 110 cm³/mol. The number of carbonyl (C=O) groups is 1. The third-order valence-corrected chi connectivity index (χ3v) is 4.95. The summed E-state index contributed by atoms with van der Waals surface area (Å²) in [4.78, 5) is 14.9. The first-order valence-electron chi connectivity index (χ1n) is 9.96. The van der Waals surface area contributed by atoms with E-state index in [0.29, 0.717) is 49.1 Å². The van der Waals surface area contributed by atoms with Crippen LogP contribution in [0.1, 0.15) is 19.4 Å². The molecular formula is C23H25NO5. The fourth-order valence-corrected chi connectivity index (χ4v) is 3.53. The first-order chi connectivity index (χ1) is 14.2. The summed E-state index contributed by atoms with van der Waals surface area (Å²) in [5, 5.41) is 0. The molecule has 1 atom stereocenters. The molecule has 152 valence electrons. The zero-order valence-corrected chi connectivity index (χ0v) is 16.7. The van der Waals surface area contributed by atoms with Crippen LogP contribution in [0.2, 0.25) is 0 Å². The fraction of sp³-hybridized carbons (Fsp3) is 0.348. The lowest BCUT2D eigenvalue weighted by Gasteiger charge is -2.31. The molecule has 0 spiro atoms. The summed E-state index contributed by atoms with van der Waals surface area (Å²) in [5.41, 5.74) is 1.47. The summed E-state index contributed by atoms with van der Waals surface area (Å²) < 4.78 is 23.3. The quantitative estimate of drug-likeness (QED) is 0.749. The molecule has 0 saturated carbocycles. The van der Waals surface area contributed by atoms with Crippen molar-refractivity contribution in [1.29, 1.82) is 0 Å². The van der Waals surface area contributed by atoms with E-state index in [1.807, 2.05) is 62.4 Å². The minimum absolute atomic E-state index is 0.0533. The number of likely N-dealkylation sites (N-methyl/N-ethyl adjacent to an activating group) is 1. The van der Waals surface area contributed by atoms with Gasteiger partial charge in [0.05, 0.1) is 18.7 Å². The maximum Gasteiger partial charge on any atom is 0.253 e. The number of hydrogen-bond donors (Lipinski definition) is 0. The monoisotopic (exact) mass is 395 g/mol. The summed E-state index contributed by atoms with van der Waals surface area (Å²) in [6, 6.07) is 13.3. The smallest absolute Gasteiger partial charge is 0.253 e. The fourth-order valence-electron chi connectivity index (χ4n) is 3.53. The van der Waals surface area contributed by atoms with Crippen LogP contribution in [0.4, 0.5) is 0 Å². The topological polar surface area (TPSA) is 57.2 Å². The van der Waals surface area contributed by atoms with E-state index >= 15 is 0 Å². The Morgan fingerprint density at radius 2 is 1.93 bits per heavy atom. The van der Waals surface area contributed by atoms with Gasteiger partial charge in [-0.2, -0.15) is 0 Å². The summed E-state index contributed by atoms with van der Waals surface area (Å²) in [6.45, 7) is 6.11. The molecule has 0 bridgehead atoms. The van der Waals surface area contributed by atoms with Crippen molar-refractivity contribution in [2.45, 2.75) is 20.0 Å². The minimum Gasteiger partial charge on any atom is -0.490 e. The lowest BCUT2D eigenvalue weighted by Crippen LogP contribution is -2.44. The Morgan fingerprint density at radius 1 is 1.10 bits per heavy atom. The number of carbonyl (C=O) groups excluding carboxylic acids is 1. The third kappa shape index (κ3) is 4.01. The van der Waals surface area contributed by atoms with E-state index < -0.39 is 0 Å². The molecule has 0 aliphatic carbocycles. The van der Waals surface area contributed by atoms with Gasteiger partial charge in [0.1, 0.15) is 13.2 Å². The molecule has 0 N–H and O–H groups in total. The number of para-hydroxylation sites is 3. The highest BCUT2D eigenvalue weighted by Crippen LogP contribution is 2.36. The van der Waals surface area contributed by atoms with Crippen LogP contribution in [0.15, 0.2) is 48.0 Å². The number of fused-ring (bicyclic) bond motifs is 2. The molecule has 6 heteroatoms. The van der Waals surface area contributed by atoms with Crippen LogP contribution >= 0.6 is 0 Å². The molecule has 0 fully saturated rings. The Balaban J connectivity index is 1.47. The van der Waals surface area contributed by atoms with Crippen LogP contribution in [-0.4, -0.2) is 49.8 Å². The third-order valence-electron chi connectivity index (χ3n) is 4.95. The van der Waals surface area contributed by atoms with E-state index in [9.17, 15) is 4.79 Å². The Bertz CT molecular complexity index is 923. The highest BCUT2D eigenvalue weighted by atomic mass is 16.6. The predicted octanol–water partition coefficient (Wildman–Crippen LogP) is 3.55. The minimum atomic E-state index is -0.212. The van der Waals surface area contributed by atoms with Gasteiger partial charge in [-0.1, -0.05) is 24.3 Å². The van der Waals surface area contributed by atoms with Gasteiger partial charge >= 0.3 is 0 Å². The second-order valence-electron chi connectivity index (χ2n) is 6.91. The average Bonchev–Trinajstić information content (AvgIpc) is 2.77. The largest absolute Gasteiger partial charge is 0.490 e. The maximum absolute atomic E-state index is 13.1. The van der Waals surface area contributed by atoms with Gasteiger partial charge in [-0.15, -0.1) is 0 Å². The van der Waals surface area contributed by atoms with E-state index in [4.69, 9.17) is 18.9 Å². The molecule has 6 nitrogen and oxygen atoms in total. The molecule has 1 amide bonds. The van der Waals surface area contributed by atoms with Gasteiger partial charge in [0.15, 0.2) is 29.1 Å². The van der Waals surface area contributed by atoms with Gasteiger partial charge in [-0.25, -0.2) is 0 Å². The zero-order chi connectivity index (χ0) is 20.2. The summed E-state index contributed by atoms with van der Waals surface area (Å²) >= 11 is 0. The number of hydrogen-bond acceptors (Lipinski definition) is 5. The van der Waals surface area contributed by atoms with Crippen LogP contribution in [0.3, 0.4) is 0 Å². The highest BCUT2D eigenvalue weighted by molar-refractivity contribution is 5.99. The summed E-state index contributed by atoms with van der Waals surface area (Å²) in [5.74, 6) is 2.79. The first-order valence-corrected chi connectivity index (χ1v) is 9.96. The molecule has 2 heterocycles. The van der Waals surface area contributed by atoms with E-state index in [0.717, 1.165) is 11.3 Å². The van der Waals surface area contributed by atoms with Gasteiger partial charge in [0.25, 0.3) is 5.91 Å². The van der Waals surface area contributed by atoms with Gasteiger partial charge in [-0.05, 0) is 38.1 Å². The number of amides is 1.